The number of ether oxygens (including phenoxy) is 1. The molecule has 1 heterocycles. The van der Waals surface area contributed by atoms with Crippen molar-refractivity contribution in [1.82, 2.24) is 4.98 Å². The molecule has 0 fully saturated rings. The minimum absolute atomic E-state index is 0.00851. The van der Waals surface area contributed by atoms with Gasteiger partial charge in [0.2, 0.25) is 3.70 Å². The molecule has 0 unspecified atom stereocenters. The van der Waals surface area contributed by atoms with Crippen molar-refractivity contribution < 1.29 is 23.2 Å². The number of nitro groups is 1. The van der Waals surface area contributed by atoms with E-state index < -0.39 is 34.3 Å². The largest absolute Gasteiger partial charge is 0.462 e. The van der Waals surface area contributed by atoms with E-state index in [0.717, 1.165) is 0 Å². The summed E-state index contributed by atoms with van der Waals surface area (Å²) in [4.78, 5) is 24.6. The molecule has 0 bridgehead atoms. The second kappa shape index (κ2) is 5.98. The SMILES string of the molecule is CCOC(=O)c1c(C(F)F)cc([N+](=O)[O-])nc1I. The number of hydrogen-bond donors (Lipinski definition) is 0. The van der Waals surface area contributed by atoms with Crippen molar-refractivity contribution in [3.8, 4) is 0 Å². The van der Waals surface area contributed by atoms with Crippen LogP contribution in [0.1, 0.15) is 29.3 Å². The van der Waals surface area contributed by atoms with Crippen LogP contribution in [0.3, 0.4) is 0 Å². The fourth-order valence-electron chi connectivity index (χ4n) is 1.19. The summed E-state index contributed by atoms with van der Waals surface area (Å²) in [7, 11) is 0. The number of carbonyl (C=O) groups is 1. The molecular formula is C9H7F2IN2O4. The van der Waals surface area contributed by atoms with Crippen LogP contribution in [0.2, 0.25) is 0 Å². The predicted molar refractivity (Wildman–Crippen MR) is 64.5 cm³/mol. The molecule has 6 nitrogen and oxygen atoms in total. The molecule has 1 rings (SSSR count). The van der Waals surface area contributed by atoms with Crippen molar-refractivity contribution in [2.75, 3.05) is 6.61 Å². The third-order valence-electron chi connectivity index (χ3n) is 1.89. The summed E-state index contributed by atoms with van der Waals surface area (Å²) in [5, 5.41) is 10.5. The van der Waals surface area contributed by atoms with Crippen molar-refractivity contribution in [1.29, 1.82) is 0 Å². The third kappa shape index (κ3) is 3.09. The molecule has 0 aromatic carbocycles. The van der Waals surface area contributed by atoms with E-state index in [0.29, 0.717) is 6.07 Å². The van der Waals surface area contributed by atoms with Gasteiger partial charge in [-0.1, -0.05) is 0 Å². The Hall–Kier alpha value is -1.39. The molecule has 98 valence electrons. The van der Waals surface area contributed by atoms with Crippen LogP contribution in [0.25, 0.3) is 0 Å². The zero-order valence-electron chi connectivity index (χ0n) is 9.02. The lowest BCUT2D eigenvalue weighted by molar-refractivity contribution is -0.389. The molecule has 0 N–H and O–H groups in total. The van der Waals surface area contributed by atoms with Crippen LogP contribution in [0, 0.1) is 13.8 Å². The van der Waals surface area contributed by atoms with E-state index >= 15 is 0 Å². The summed E-state index contributed by atoms with van der Waals surface area (Å²) in [5.41, 5.74) is -1.18. The second-order valence-electron chi connectivity index (χ2n) is 3.01. The predicted octanol–water partition coefficient (Wildman–Crippen LogP) is 2.71. The zero-order valence-corrected chi connectivity index (χ0v) is 11.2. The van der Waals surface area contributed by atoms with Crippen molar-refractivity contribution in [3.63, 3.8) is 0 Å². The highest BCUT2D eigenvalue weighted by Gasteiger charge is 2.29. The monoisotopic (exact) mass is 372 g/mol. The van der Waals surface area contributed by atoms with Gasteiger partial charge in [-0.2, -0.15) is 0 Å². The molecule has 0 amide bonds. The summed E-state index contributed by atoms with van der Waals surface area (Å²) in [5.74, 6) is -1.71. The average Bonchev–Trinajstić information content (AvgIpc) is 2.27. The highest BCUT2D eigenvalue weighted by Crippen LogP contribution is 2.29. The normalized spacial score (nSPS) is 10.5. The Kier molecular flexibility index (Phi) is 4.87. The summed E-state index contributed by atoms with van der Waals surface area (Å²) in [6.45, 7) is 1.53. The van der Waals surface area contributed by atoms with Crippen LogP contribution in [0.15, 0.2) is 6.07 Å². The van der Waals surface area contributed by atoms with E-state index in [-0.39, 0.29) is 10.3 Å². The summed E-state index contributed by atoms with van der Waals surface area (Å²) in [6.07, 6.45) is -3.03. The third-order valence-corrected chi connectivity index (χ3v) is 2.67. The molecular weight excluding hydrogens is 365 g/mol. The number of halogens is 3. The van der Waals surface area contributed by atoms with Gasteiger partial charge in [0.1, 0.15) is 5.56 Å². The number of nitrogens with zero attached hydrogens (tertiary/aromatic N) is 2. The Labute approximate surface area is 114 Å². The maximum Gasteiger partial charge on any atom is 0.365 e. The van der Waals surface area contributed by atoms with E-state index in [1.807, 2.05) is 0 Å². The number of rotatable bonds is 4. The maximum atomic E-state index is 12.8. The quantitative estimate of drug-likeness (QED) is 0.267. The van der Waals surface area contributed by atoms with Crippen LogP contribution < -0.4 is 0 Å². The molecule has 0 aliphatic rings. The zero-order chi connectivity index (χ0) is 13.9. The Balaban J connectivity index is 3.41. The topological polar surface area (TPSA) is 82.3 Å². The molecule has 9 heteroatoms. The van der Waals surface area contributed by atoms with Gasteiger partial charge >= 0.3 is 11.8 Å². The van der Waals surface area contributed by atoms with Crippen molar-refractivity contribution in [2.45, 2.75) is 13.3 Å². The minimum atomic E-state index is -3.03. The molecule has 0 spiro atoms. The Morgan fingerprint density at radius 3 is 2.72 bits per heavy atom. The second-order valence-corrected chi connectivity index (χ2v) is 4.04. The van der Waals surface area contributed by atoms with Gasteiger partial charge in [0.05, 0.1) is 6.61 Å². The van der Waals surface area contributed by atoms with Gasteiger partial charge in [0.15, 0.2) is 0 Å². The standard InChI is InChI=1S/C9H7F2IN2O4/c1-2-18-9(15)6-4(7(10)11)3-5(14(16)17)13-8(6)12/h3,7H,2H2,1H3. The molecule has 0 saturated heterocycles. The molecule has 0 radical (unpaired) electrons. The van der Waals surface area contributed by atoms with Gasteiger partial charge in [0.25, 0.3) is 6.43 Å². The Morgan fingerprint density at radius 1 is 1.67 bits per heavy atom. The van der Waals surface area contributed by atoms with E-state index in [2.05, 4.69) is 9.72 Å². The van der Waals surface area contributed by atoms with Gasteiger partial charge in [-0.05, 0) is 16.8 Å². The average molecular weight is 372 g/mol. The maximum absolute atomic E-state index is 12.8. The van der Waals surface area contributed by atoms with Crippen LogP contribution in [0.4, 0.5) is 14.6 Å². The molecule has 0 aliphatic carbocycles. The van der Waals surface area contributed by atoms with Crippen LogP contribution in [-0.2, 0) is 4.74 Å². The van der Waals surface area contributed by atoms with Gasteiger partial charge in [-0.25, -0.2) is 13.6 Å². The number of pyridine rings is 1. The number of hydrogen-bond acceptors (Lipinski definition) is 5. The van der Waals surface area contributed by atoms with E-state index in [9.17, 15) is 23.7 Å². The summed E-state index contributed by atoms with van der Waals surface area (Å²) >= 11 is 1.48. The molecule has 0 saturated carbocycles. The van der Waals surface area contributed by atoms with Gasteiger partial charge in [-0.3, -0.25) is 0 Å². The first-order valence-electron chi connectivity index (χ1n) is 4.68. The smallest absolute Gasteiger partial charge is 0.365 e. The van der Waals surface area contributed by atoms with Gasteiger partial charge < -0.3 is 14.9 Å². The van der Waals surface area contributed by atoms with E-state index in [1.54, 1.807) is 0 Å². The fourth-order valence-corrected chi connectivity index (χ4v) is 1.97. The number of carbonyl (C=O) groups excluding carboxylic acids is 1. The fraction of sp³-hybridized carbons (Fsp3) is 0.333. The lowest BCUT2D eigenvalue weighted by Crippen LogP contribution is -2.13. The summed E-state index contributed by atoms with van der Waals surface area (Å²) in [6, 6.07) is 0.582. The van der Waals surface area contributed by atoms with Crippen LogP contribution >= 0.6 is 22.6 Å². The Morgan fingerprint density at radius 2 is 2.28 bits per heavy atom. The molecule has 0 aliphatic heterocycles. The first-order chi connectivity index (χ1) is 8.38. The first kappa shape index (κ1) is 14.7. The first-order valence-corrected chi connectivity index (χ1v) is 5.76. The number of esters is 1. The lowest BCUT2D eigenvalue weighted by Gasteiger charge is -2.07. The van der Waals surface area contributed by atoms with Crippen molar-refractivity contribution >= 4 is 34.4 Å². The van der Waals surface area contributed by atoms with E-state index in [1.165, 1.54) is 29.5 Å². The van der Waals surface area contributed by atoms with Crippen molar-refractivity contribution in [2.24, 2.45) is 0 Å². The molecule has 1 aromatic heterocycles. The van der Waals surface area contributed by atoms with Crippen molar-refractivity contribution in [3.05, 3.63) is 31.0 Å². The molecule has 1 aromatic rings. The van der Waals surface area contributed by atoms with Crippen LogP contribution in [-0.4, -0.2) is 22.5 Å². The number of alkyl halides is 2. The lowest BCUT2D eigenvalue weighted by atomic mass is 10.1. The van der Waals surface area contributed by atoms with E-state index in [4.69, 9.17) is 0 Å². The highest BCUT2D eigenvalue weighted by molar-refractivity contribution is 14.1. The van der Waals surface area contributed by atoms with Gasteiger partial charge in [-0.15, -0.1) is 0 Å². The number of aromatic nitrogens is 1. The Bertz CT molecular complexity index is 496. The molecule has 18 heavy (non-hydrogen) atoms. The molecule has 0 atom stereocenters. The van der Waals surface area contributed by atoms with Gasteiger partial charge in [0, 0.05) is 34.2 Å². The summed E-state index contributed by atoms with van der Waals surface area (Å²) < 4.78 is 30.0. The minimum Gasteiger partial charge on any atom is -0.462 e. The highest BCUT2D eigenvalue weighted by atomic mass is 127. The van der Waals surface area contributed by atoms with Crippen LogP contribution in [0.5, 0.6) is 0 Å².